The molecule has 7 heteroatoms. The molecular weight excluding hydrogens is 434 g/mol. The normalized spacial score (nSPS) is 15.5. The van der Waals surface area contributed by atoms with Gasteiger partial charge in [0.15, 0.2) is 11.8 Å². The summed E-state index contributed by atoms with van der Waals surface area (Å²) in [5, 5.41) is 6.15. The van der Waals surface area contributed by atoms with Gasteiger partial charge in [-0.3, -0.25) is 9.59 Å². The van der Waals surface area contributed by atoms with Crippen molar-refractivity contribution in [3.8, 4) is 5.75 Å². The number of hydrogen-bond donors (Lipinski definition) is 2. The van der Waals surface area contributed by atoms with Gasteiger partial charge in [0.2, 0.25) is 0 Å². The van der Waals surface area contributed by atoms with Gasteiger partial charge in [0.05, 0.1) is 10.6 Å². The molecule has 2 amide bonds. The van der Waals surface area contributed by atoms with Crippen molar-refractivity contribution in [2.45, 2.75) is 13.8 Å². The van der Waals surface area contributed by atoms with Gasteiger partial charge in [-0.05, 0) is 84.8 Å². The number of amides is 2. The van der Waals surface area contributed by atoms with Crippen LogP contribution in [-0.4, -0.2) is 23.6 Å². The summed E-state index contributed by atoms with van der Waals surface area (Å²) in [5.41, 5.74) is 4.59. The summed E-state index contributed by atoms with van der Waals surface area (Å²) in [6.45, 7) is 3.91. The highest BCUT2D eigenvalue weighted by atomic mass is 32.2. The van der Waals surface area contributed by atoms with Gasteiger partial charge in [0, 0.05) is 5.69 Å². The molecule has 1 aliphatic heterocycles. The minimum atomic E-state index is -0.241. The van der Waals surface area contributed by atoms with Crippen LogP contribution >= 0.6 is 11.8 Å². The maximum atomic E-state index is 12.3. The summed E-state index contributed by atoms with van der Waals surface area (Å²) in [6, 6.07) is 22.5. The zero-order valence-electron chi connectivity index (χ0n) is 18.3. The zero-order chi connectivity index (χ0) is 23.2. The first kappa shape index (κ1) is 22.4. The molecule has 0 spiro atoms. The van der Waals surface area contributed by atoms with E-state index in [-0.39, 0.29) is 18.4 Å². The minimum Gasteiger partial charge on any atom is -0.484 e. The molecule has 0 aliphatic carbocycles. The first-order chi connectivity index (χ1) is 16.0. The van der Waals surface area contributed by atoms with E-state index >= 15 is 0 Å². The number of rotatable bonds is 6. The van der Waals surface area contributed by atoms with Crippen molar-refractivity contribution >= 4 is 46.2 Å². The van der Waals surface area contributed by atoms with E-state index < -0.39 is 0 Å². The van der Waals surface area contributed by atoms with Crippen molar-refractivity contribution in [3.05, 3.63) is 94.4 Å². The molecule has 0 saturated carbocycles. The number of hydrogen-bond acceptors (Lipinski definition) is 5. The first-order valence-electron chi connectivity index (χ1n) is 10.4. The van der Waals surface area contributed by atoms with Gasteiger partial charge < -0.3 is 15.4 Å². The smallest absolute Gasteiger partial charge is 0.264 e. The Bertz CT molecular complexity index is 1250. The molecule has 1 aliphatic rings. The first-order valence-corrected chi connectivity index (χ1v) is 11.2. The van der Waals surface area contributed by atoms with Crippen LogP contribution in [0.2, 0.25) is 0 Å². The Morgan fingerprint density at radius 3 is 2.64 bits per heavy atom. The Labute approximate surface area is 196 Å². The highest BCUT2D eigenvalue weighted by Crippen LogP contribution is 2.28. The van der Waals surface area contributed by atoms with Crippen LogP contribution in [0, 0.1) is 13.8 Å². The molecule has 1 fully saturated rings. The number of nitrogens with one attached hydrogen (secondary N) is 2. The van der Waals surface area contributed by atoms with Crippen molar-refractivity contribution in [1.29, 1.82) is 0 Å². The average Bonchev–Trinajstić information content (AvgIpc) is 3.14. The molecule has 0 unspecified atom stereocenters. The lowest BCUT2D eigenvalue weighted by Gasteiger charge is -2.09. The number of carbonyl (C=O) groups excluding carboxylic acids is 2. The number of anilines is 1. The molecule has 3 aromatic carbocycles. The summed E-state index contributed by atoms with van der Waals surface area (Å²) in [4.78, 5) is 29.6. The van der Waals surface area contributed by atoms with E-state index in [9.17, 15) is 9.59 Å². The van der Waals surface area contributed by atoms with Gasteiger partial charge >= 0.3 is 0 Å². The van der Waals surface area contributed by atoms with Crippen LogP contribution in [0.15, 0.2) is 82.7 Å². The summed E-state index contributed by atoms with van der Waals surface area (Å²) < 4.78 is 5.65. The second-order valence-corrected chi connectivity index (χ2v) is 8.56. The van der Waals surface area contributed by atoms with Crippen LogP contribution in [0.1, 0.15) is 16.7 Å². The van der Waals surface area contributed by atoms with E-state index in [1.807, 2.05) is 74.5 Å². The molecule has 2 N–H and O–H groups in total. The summed E-state index contributed by atoms with van der Waals surface area (Å²) in [6.07, 6.45) is 1.77. The van der Waals surface area contributed by atoms with Crippen molar-refractivity contribution in [1.82, 2.24) is 5.32 Å². The lowest BCUT2D eigenvalue weighted by Crippen LogP contribution is -2.20. The molecule has 3 aromatic rings. The molecule has 0 aromatic heterocycles. The molecular formula is C26H23N3O3S. The molecule has 0 bridgehead atoms. The van der Waals surface area contributed by atoms with Gasteiger partial charge in [-0.2, -0.15) is 0 Å². The molecule has 33 heavy (non-hydrogen) atoms. The van der Waals surface area contributed by atoms with Gasteiger partial charge in [-0.15, -0.1) is 0 Å². The number of para-hydroxylation sites is 1. The maximum absolute atomic E-state index is 12.3. The number of ether oxygens (including phenoxy) is 1. The third-order valence-electron chi connectivity index (χ3n) is 4.95. The van der Waals surface area contributed by atoms with E-state index in [2.05, 4.69) is 15.6 Å². The summed E-state index contributed by atoms with van der Waals surface area (Å²) in [7, 11) is 0. The Balaban J connectivity index is 1.38. The number of thioether (sulfide) groups is 1. The largest absolute Gasteiger partial charge is 0.484 e. The third-order valence-corrected chi connectivity index (χ3v) is 5.86. The van der Waals surface area contributed by atoms with E-state index in [1.165, 1.54) is 17.3 Å². The lowest BCUT2D eigenvalue weighted by atomic mass is 10.1. The van der Waals surface area contributed by atoms with Crippen molar-refractivity contribution in [3.63, 3.8) is 0 Å². The lowest BCUT2D eigenvalue weighted by molar-refractivity contribution is -0.118. The number of aliphatic imine (C=N–C) groups is 1. The standard InChI is InChI=1S/C26H23N3O3S/c1-17-11-12-21(13-18(17)2)27-24(30)16-32-22-10-6-7-19(14-22)15-23-25(31)29-26(33-23)28-20-8-4-3-5-9-20/h3-15H,16H2,1-2H3,(H,27,30)(H,28,29,31)/b23-15+. The van der Waals surface area contributed by atoms with Crippen LogP contribution in [0.3, 0.4) is 0 Å². The van der Waals surface area contributed by atoms with Crippen LogP contribution in [0.25, 0.3) is 6.08 Å². The van der Waals surface area contributed by atoms with E-state index in [0.717, 1.165) is 22.5 Å². The molecule has 0 radical (unpaired) electrons. The highest BCUT2D eigenvalue weighted by Gasteiger charge is 2.23. The van der Waals surface area contributed by atoms with E-state index in [0.29, 0.717) is 15.8 Å². The second-order valence-electron chi connectivity index (χ2n) is 7.53. The number of aryl methyl sites for hydroxylation is 2. The average molecular weight is 458 g/mol. The fourth-order valence-electron chi connectivity index (χ4n) is 3.11. The zero-order valence-corrected chi connectivity index (χ0v) is 19.1. The van der Waals surface area contributed by atoms with Gasteiger partial charge in [-0.1, -0.05) is 36.4 Å². The van der Waals surface area contributed by atoms with Crippen molar-refractivity contribution < 1.29 is 14.3 Å². The molecule has 4 rings (SSSR count). The quantitative estimate of drug-likeness (QED) is 0.498. The third kappa shape index (κ3) is 6.11. The molecule has 1 heterocycles. The SMILES string of the molecule is Cc1ccc(NC(=O)COc2cccc(/C=C3/SC(=Nc4ccccc4)NC3=O)c2)cc1C. The summed E-state index contributed by atoms with van der Waals surface area (Å²) in [5.74, 6) is 0.101. The monoisotopic (exact) mass is 457 g/mol. The van der Waals surface area contributed by atoms with Crippen molar-refractivity contribution in [2.75, 3.05) is 11.9 Å². The highest BCUT2D eigenvalue weighted by molar-refractivity contribution is 8.18. The molecule has 166 valence electrons. The van der Waals surface area contributed by atoms with Crippen LogP contribution in [0.4, 0.5) is 11.4 Å². The van der Waals surface area contributed by atoms with Crippen LogP contribution < -0.4 is 15.4 Å². The van der Waals surface area contributed by atoms with Crippen molar-refractivity contribution in [2.24, 2.45) is 4.99 Å². The molecule has 0 atom stereocenters. The van der Waals surface area contributed by atoms with Crippen LogP contribution in [-0.2, 0) is 9.59 Å². The summed E-state index contributed by atoms with van der Waals surface area (Å²) >= 11 is 1.28. The van der Waals surface area contributed by atoms with Gasteiger partial charge in [0.1, 0.15) is 5.75 Å². The fraction of sp³-hybridized carbons (Fsp3) is 0.115. The van der Waals surface area contributed by atoms with E-state index in [1.54, 1.807) is 18.2 Å². The van der Waals surface area contributed by atoms with Crippen LogP contribution in [0.5, 0.6) is 5.75 Å². The molecule has 1 saturated heterocycles. The predicted molar refractivity (Wildman–Crippen MR) is 134 cm³/mol. The van der Waals surface area contributed by atoms with Gasteiger partial charge in [0.25, 0.3) is 11.8 Å². The number of carbonyl (C=O) groups is 2. The number of benzene rings is 3. The Morgan fingerprint density at radius 1 is 1.03 bits per heavy atom. The Morgan fingerprint density at radius 2 is 1.85 bits per heavy atom. The predicted octanol–water partition coefficient (Wildman–Crippen LogP) is 5.21. The van der Waals surface area contributed by atoms with Gasteiger partial charge in [-0.25, -0.2) is 4.99 Å². The topological polar surface area (TPSA) is 79.8 Å². The minimum absolute atomic E-state index is 0.115. The molecule has 6 nitrogen and oxygen atoms in total. The number of amidine groups is 1. The second kappa shape index (κ2) is 10.2. The Hall–Kier alpha value is -3.84. The number of nitrogens with zero attached hydrogens (tertiary/aromatic N) is 1. The maximum Gasteiger partial charge on any atom is 0.264 e. The van der Waals surface area contributed by atoms with E-state index in [4.69, 9.17) is 4.74 Å². The fourth-order valence-corrected chi connectivity index (χ4v) is 3.95. The Kier molecular flexibility index (Phi) is 6.90.